The van der Waals surface area contributed by atoms with Gasteiger partial charge in [0.05, 0.1) is 0 Å². The molecule has 5 nitrogen and oxygen atoms in total. The topological polar surface area (TPSA) is 54.2 Å². The summed E-state index contributed by atoms with van der Waals surface area (Å²) in [6, 6.07) is 8.56. The van der Waals surface area contributed by atoms with E-state index >= 15 is 0 Å². The van der Waals surface area contributed by atoms with Crippen LogP contribution in [0, 0.1) is 6.92 Å². The highest BCUT2D eigenvalue weighted by Crippen LogP contribution is 2.17. The van der Waals surface area contributed by atoms with Crippen molar-refractivity contribution in [1.82, 2.24) is 15.0 Å². The molecule has 2 rings (SSSR count). The summed E-state index contributed by atoms with van der Waals surface area (Å²) in [5.74, 6) is 0.621. The van der Waals surface area contributed by atoms with Crippen LogP contribution in [0.3, 0.4) is 0 Å². The Bertz CT molecular complexity index is 517. The number of hydrogen-bond donors (Lipinski definition) is 1. The van der Waals surface area contributed by atoms with Gasteiger partial charge in [0.25, 0.3) is 0 Å². The smallest absolute Gasteiger partial charge is 0.321 e. The lowest BCUT2D eigenvalue weighted by Crippen LogP contribution is -2.28. The molecule has 1 heterocycles. The third-order valence-electron chi connectivity index (χ3n) is 3.33. The van der Waals surface area contributed by atoms with Gasteiger partial charge < -0.3 is 14.7 Å². The predicted octanol–water partition coefficient (Wildman–Crippen LogP) is 2.80. The summed E-state index contributed by atoms with van der Waals surface area (Å²) in [5.41, 5.74) is 2.19. The van der Waals surface area contributed by atoms with Gasteiger partial charge in [0, 0.05) is 18.7 Å². The molecule has 20 heavy (non-hydrogen) atoms. The van der Waals surface area contributed by atoms with Gasteiger partial charge in [0.15, 0.2) is 0 Å². The van der Waals surface area contributed by atoms with Crippen LogP contribution in [-0.2, 0) is 0 Å². The standard InChI is InChI=1S/C15H22N4O/c1-4-19(5-2)11-10-16-15-17-14(18-20-15)13-8-6-12(3)7-9-13/h6-9H,4-5,10-11H2,1-3H3,(H,16,17,18). The molecule has 0 unspecified atom stereocenters. The first-order valence-electron chi connectivity index (χ1n) is 7.10. The van der Waals surface area contributed by atoms with Crippen LogP contribution in [0.15, 0.2) is 28.8 Å². The average Bonchev–Trinajstić information content (AvgIpc) is 2.93. The van der Waals surface area contributed by atoms with Gasteiger partial charge in [-0.1, -0.05) is 48.8 Å². The molecule has 0 aliphatic carbocycles. The van der Waals surface area contributed by atoms with Crippen LogP contribution < -0.4 is 5.32 Å². The highest BCUT2D eigenvalue weighted by atomic mass is 16.5. The number of likely N-dealkylation sites (N-methyl/N-ethyl adjacent to an activating group) is 1. The van der Waals surface area contributed by atoms with Crippen molar-refractivity contribution in [3.8, 4) is 11.4 Å². The second kappa shape index (κ2) is 7.05. The van der Waals surface area contributed by atoms with Crippen molar-refractivity contribution in [1.29, 1.82) is 0 Å². The Labute approximate surface area is 120 Å². The zero-order valence-electron chi connectivity index (χ0n) is 12.4. The van der Waals surface area contributed by atoms with Crippen LogP contribution in [0.4, 0.5) is 6.01 Å². The molecule has 0 saturated heterocycles. The lowest BCUT2D eigenvalue weighted by Gasteiger charge is -2.17. The second-order valence-corrected chi connectivity index (χ2v) is 4.74. The normalized spacial score (nSPS) is 11.0. The molecule has 1 aromatic carbocycles. The van der Waals surface area contributed by atoms with E-state index in [0.29, 0.717) is 11.8 Å². The van der Waals surface area contributed by atoms with Gasteiger partial charge in [-0.25, -0.2) is 0 Å². The maximum atomic E-state index is 5.21. The fraction of sp³-hybridized carbons (Fsp3) is 0.467. The molecule has 0 spiro atoms. The van der Waals surface area contributed by atoms with Crippen LogP contribution in [0.1, 0.15) is 19.4 Å². The molecular formula is C15H22N4O. The van der Waals surface area contributed by atoms with E-state index in [4.69, 9.17) is 4.52 Å². The molecule has 0 aliphatic rings. The summed E-state index contributed by atoms with van der Waals surface area (Å²) in [5, 5.41) is 7.16. The molecule has 2 aromatic rings. The molecule has 0 atom stereocenters. The minimum atomic E-state index is 0.479. The predicted molar refractivity (Wildman–Crippen MR) is 80.7 cm³/mol. The maximum absolute atomic E-state index is 5.21. The summed E-state index contributed by atoms with van der Waals surface area (Å²) in [6.45, 7) is 10.2. The number of hydrogen-bond acceptors (Lipinski definition) is 5. The van der Waals surface area contributed by atoms with E-state index in [-0.39, 0.29) is 0 Å². The Kier molecular flexibility index (Phi) is 5.12. The number of anilines is 1. The van der Waals surface area contributed by atoms with E-state index in [9.17, 15) is 0 Å². The summed E-state index contributed by atoms with van der Waals surface area (Å²) >= 11 is 0. The van der Waals surface area contributed by atoms with E-state index in [2.05, 4.69) is 41.1 Å². The number of nitrogens with zero attached hydrogens (tertiary/aromatic N) is 3. The monoisotopic (exact) mass is 274 g/mol. The molecule has 0 fully saturated rings. The van der Waals surface area contributed by atoms with Crippen molar-refractivity contribution in [2.75, 3.05) is 31.5 Å². The van der Waals surface area contributed by atoms with E-state index in [1.54, 1.807) is 0 Å². The minimum Gasteiger partial charge on any atom is -0.336 e. The van der Waals surface area contributed by atoms with E-state index in [0.717, 1.165) is 31.7 Å². The second-order valence-electron chi connectivity index (χ2n) is 4.74. The largest absolute Gasteiger partial charge is 0.336 e. The lowest BCUT2D eigenvalue weighted by atomic mass is 10.1. The molecule has 5 heteroatoms. The highest BCUT2D eigenvalue weighted by molar-refractivity contribution is 5.55. The molecule has 1 aromatic heterocycles. The zero-order valence-corrected chi connectivity index (χ0v) is 12.4. The fourth-order valence-corrected chi connectivity index (χ4v) is 1.98. The molecule has 0 amide bonds. The van der Waals surface area contributed by atoms with Gasteiger partial charge in [-0.05, 0) is 20.0 Å². The first-order valence-corrected chi connectivity index (χ1v) is 7.10. The quantitative estimate of drug-likeness (QED) is 0.841. The van der Waals surface area contributed by atoms with Crippen LogP contribution in [0.2, 0.25) is 0 Å². The lowest BCUT2D eigenvalue weighted by molar-refractivity contribution is 0.314. The number of benzene rings is 1. The van der Waals surface area contributed by atoms with Crippen LogP contribution >= 0.6 is 0 Å². The van der Waals surface area contributed by atoms with Gasteiger partial charge in [0.1, 0.15) is 0 Å². The first kappa shape index (κ1) is 14.5. The minimum absolute atomic E-state index is 0.479. The molecule has 1 N–H and O–H groups in total. The number of rotatable bonds is 7. The van der Waals surface area contributed by atoms with E-state index < -0.39 is 0 Å². The highest BCUT2D eigenvalue weighted by Gasteiger charge is 2.08. The third-order valence-corrected chi connectivity index (χ3v) is 3.33. The van der Waals surface area contributed by atoms with Gasteiger partial charge in [0.2, 0.25) is 5.82 Å². The van der Waals surface area contributed by atoms with Gasteiger partial charge in [-0.2, -0.15) is 4.98 Å². The van der Waals surface area contributed by atoms with Gasteiger partial charge in [-0.3, -0.25) is 0 Å². The van der Waals surface area contributed by atoms with Crippen molar-refractivity contribution in [2.45, 2.75) is 20.8 Å². The zero-order chi connectivity index (χ0) is 14.4. The number of aromatic nitrogens is 2. The Balaban J connectivity index is 1.90. The first-order chi connectivity index (χ1) is 9.72. The van der Waals surface area contributed by atoms with Crippen molar-refractivity contribution in [2.24, 2.45) is 0 Å². The molecule has 108 valence electrons. The molecule has 0 aliphatic heterocycles. The van der Waals surface area contributed by atoms with Crippen molar-refractivity contribution in [3.05, 3.63) is 29.8 Å². The molecule has 0 radical (unpaired) electrons. The Morgan fingerprint density at radius 2 is 1.85 bits per heavy atom. The summed E-state index contributed by atoms with van der Waals surface area (Å²) < 4.78 is 5.21. The summed E-state index contributed by atoms with van der Waals surface area (Å²) in [6.07, 6.45) is 0. The van der Waals surface area contributed by atoms with Crippen LogP contribution in [0.5, 0.6) is 0 Å². The Hall–Kier alpha value is -1.88. The molecular weight excluding hydrogens is 252 g/mol. The maximum Gasteiger partial charge on any atom is 0.321 e. The average molecular weight is 274 g/mol. The Morgan fingerprint density at radius 3 is 2.50 bits per heavy atom. The molecule has 0 saturated carbocycles. The van der Waals surface area contributed by atoms with E-state index in [1.807, 2.05) is 24.3 Å². The summed E-state index contributed by atoms with van der Waals surface area (Å²) in [7, 11) is 0. The van der Waals surface area contributed by atoms with Gasteiger partial charge in [-0.15, -0.1) is 0 Å². The van der Waals surface area contributed by atoms with E-state index in [1.165, 1.54) is 5.56 Å². The molecule has 0 bridgehead atoms. The Morgan fingerprint density at radius 1 is 1.15 bits per heavy atom. The number of nitrogens with one attached hydrogen (secondary N) is 1. The van der Waals surface area contributed by atoms with Crippen molar-refractivity contribution < 1.29 is 4.52 Å². The van der Waals surface area contributed by atoms with Crippen molar-refractivity contribution >= 4 is 6.01 Å². The fourth-order valence-electron chi connectivity index (χ4n) is 1.98. The SMILES string of the molecule is CCN(CC)CCNc1nc(-c2ccc(C)cc2)no1. The van der Waals surface area contributed by atoms with Crippen LogP contribution in [-0.4, -0.2) is 41.2 Å². The van der Waals surface area contributed by atoms with Gasteiger partial charge >= 0.3 is 6.01 Å². The van der Waals surface area contributed by atoms with Crippen molar-refractivity contribution in [3.63, 3.8) is 0 Å². The van der Waals surface area contributed by atoms with Crippen LogP contribution in [0.25, 0.3) is 11.4 Å². The number of aryl methyl sites for hydroxylation is 1. The summed E-state index contributed by atoms with van der Waals surface area (Å²) in [4.78, 5) is 6.69. The third kappa shape index (κ3) is 3.81.